The van der Waals surface area contributed by atoms with Gasteiger partial charge in [0.1, 0.15) is 13.2 Å². The average molecular weight is 1100 g/mol. The second-order valence-electron chi connectivity index (χ2n) is 22.4. The molecule has 6 heteroatoms. The Morgan fingerprint density at radius 1 is 0.266 bits per heavy atom. The zero-order valence-corrected chi connectivity index (χ0v) is 52.1. The van der Waals surface area contributed by atoms with Gasteiger partial charge in [-0.2, -0.15) is 0 Å². The molecular formula is C73H126O6. The van der Waals surface area contributed by atoms with Crippen molar-refractivity contribution in [1.82, 2.24) is 0 Å². The summed E-state index contributed by atoms with van der Waals surface area (Å²) in [5.74, 6) is -0.901. The van der Waals surface area contributed by atoms with Crippen molar-refractivity contribution in [1.29, 1.82) is 0 Å². The van der Waals surface area contributed by atoms with Gasteiger partial charge in [0.25, 0.3) is 0 Å². The van der Waals surface area contributed by atoms with Crippen LogP contribution >= 0.6 is 0 Å². The molecule has 1 atom stereocenters. The van der Waals surface area contributed by atoms with Gasteiger partial charge in [-0.3, -0.25) is 14.4 Å². The van der Waals surface area contributed by atoms with E-state index in [0.717, 1.165) is 141 Å². The van der Waals surface area contributed by atoms with Crippen molar-refractivity contribution in [3.63, 3.8) is 0 Å². The Morgan fingerprint density at radius 2 is 0.519 bits per heavy atom. The van der Waals surface area contributed by atoms with E-state index in [1.54, 1.807) is 0 Å². The van der Waals surface area contributed by atoms with Crippen molar-refractivity contribution < 1.29 is 28.6 Å². The van der Waals surface area contributed by atoms with Crippen LogP contribution in [0.5, 0.6) is 0 Å². The Kier molecular flexibility index (Phi) is 63.7. The normalized spacial score (nSPS) is 12.7. The molecule has 0 radical (unpaired) electrons. The number of hydrogen-bond donors (Lipinski definition) is 0. The van der Waals surface area contributed by atoms with E-state index in [9.17, 15) is 14.4 Å². The number of unbranched alkanes of at least 4 members (excludes halogenated alkanes) is 34. The summed E-state index contributed by atoms with van der Waals surface area (Å²) in [7, 11) is 0. The minimum atomic E-state index is -0.790. The lowest BCUT2D eigenvalue weighted by molar-refractivity contribution is -0.167. The predicted octanol–water partition coefficient (Wildman–Crippen LogP) is 23.2. The maximum Gasteiger partial charge on any atom is 0.306 e. The van der Waals surface area contributed by atoms with Gasteiger partial charge in [-0.05, 0) is 96.3 Å². The first-order chi connectivity index (χ1) is 39.0. The predicted molar refractivity (Wildman–Crippen MR) is 344 cm³/mol. The van der Waals surface area contributed by atoms with Crippen LogP contribution in [0.2, 0.25) is 0 Å². The van der Waals surface area contributed by atoms with Gasteiger partial charge in [0, 0.05) is 19.3 Å². The van der Waals surface area contributed by atoms with E-state index >= 15 is 0 Å². The summed E-state index contributed by atoms with van der Waals surface area (Å²) in [6, 6.07) is 0. The van der Waals surface area contributed by atoms with E-state index in [1.165, 1.54) is 148 Å². The summed E-state index contributed by atoms with van der Waals surface area (Å²) in [6.07, 6.45) is 90.0. The zero-order chi connectivity index (χ0) is 57.1. The highest BCUT2D eigenvalue weighted by atomic mass is 16.6. The van der Waals surface area contributed by atoms with E-state index in [2.05, 4.69) is 118 Å². The molecule has 0 amide bonds. The van der Waals surface area contributed by atoms with Crippen molar-refractivity contribution in [2.75, 3.05) is 13.2 Å². The molecule has 0 rings (SSSR count). The van der Waals surface area contributed by atoms with Crippen molar-refractivity contribution in [3.05, 3.63) is 97.2 Å². The van der Waals surface area contributed by atoms with E-state index in [1.807, 2.05) is 0 Å². The van der Waals surface area contributed by atoms with Crippen LogP contribution in [0.4, 0.5) is 0 Å². The van der Waals surface area contributed by atoms with Crippen LogP contribution in [-0.4, -0.2) is 37.2 Å². The number of rotatable bonds is 61. The van der Waals surface area contributed by atoms with Gasteiger partial charge < -0.3 is 14.2 Å². The van der Waals surface area contributed by atoms with Gasteiger partial charge in [-0.1, -0.05) is 311 Å². The van der Waals surface area contributed by atoms with Crippen molar-refractivity contribution in [2.24, 2.45) is 0 Å². The van der Waals surface area contributed by atoms with Gasteiger partial charge in [0.15, 0.2) is 6.10 Å². The van der Waals surface area contributed by atoms with Crippen LogP contribution in [0, 0.1) is 0 Å². The zero-order valence-electron chi connectivity index (χ0n) is 52.1. The number of ether oxygens (including phenoxy) is 3. The minimum absolute atomic E-state index is 0.0875. The van der Waals surface area contributed by atoms with Crippen LogP contribution < -0.4 is 0 Å². The molecule has 0 bridgehead atoms. The number of carbonyl (C=O) groups excluding carboxylic acids is 3. The molecule has 79 heavy (non-hydrogen) atoms. The fourth-order valence-electron chi connectivity index (χ4n) is 9.55. The Hall–Kier alpha value is -3.67. The lowest BCUT2D eigenvalue weighted by Crippen LogP contribution is -2.30. The lowest BCUT2D eigenvalue weighted by Gasteiger charge is -2.18. The first-order valence-corrected chi connectivity index (χ1v) is 33.7. The van der Waals surface area contributed by atoms with Gasteiger partial charge in [-0.25, -0.2) is 0 Å². The van der Waals surface area contributed by atoms with Crippen LogP contribution in [0.3, 0.4) is 0 Å². The first kappa shape index (κ1) is 75.3. The SMILES string of the molecule is CC/C=C\C/C=C\C/C=C\C/C=C\C/C=C\C/C=C\CCCCCCCCC(=O)OCC(COC(=O)CCCCCCC/C=C\C/C=C\CCC)OC(=O)CCCCCCCCCCCCCCCCCCCCCCCCC. The van der Waals surface area contributed by atoms with Crippen LogP contribution in [-0.2, 0) is 28.6 Å². The van der Waals surface area contributed by atoms with Crippen LogP contribution in [0.15, 0.2) is 97.2 Å². The van der Waals surface area contributed by atoms with Crippen LogP contribution in [0.25, 0.3) is 0 Å². The molecule has 0 saturated heterocycles. The molecule has 0 aliphatic carbocycles. The lowest BCUT2D eigenvalue weighted by atomic mass is 10.0. The third-order valence-corrected chi connectivity index (χ3v) is 14.6. The summed E-state index contributed by atoms with van der Waals surface area (Å²) in [5, 5.41) is 0. The standard InChI is InChI=1S/C73H126O6/c1-4-7-10-13-16-19-22-25-27-29-31-33-35-36-38-39-41-43-45-48-51-54-57-60-63-66-72(75)78-69-70(68-77-71(74)65-62-59-56-53-50-47-24-21-18-15-12-9-6-3)79-73(76)67-64-61-58-55-52-49-46-44-42-40-37-34-32-30-28-26-23-20-17-14-11-8-5-2/h7,10,12,15-16,19,21,24-25,27,31,33,36,38,41,43,70H,4-6,8-9,11,13-14,17-18,20,22-23,26,28-30,32,34-35,37,39-40,42,44-69H2,1-3H3/b10-7-,15-12-,19-16-,24-21-,27-25-,33-31-,38-36-,43-41-. The maximum atomic E-state index is 12.9. The molecule has 6 nitrogen and oxygen atoms in total. The summed E-state index contributed by atoms with van der Waals surface area (Å²) < 4.78 is 16.9. The molecule has 0 aromatic carbocycles. The number of esters is 3. The third-order valence-electron chi connectivity index (χ3n) is 14.6. The Balaban J connectivity index is 4.33. The quantitative estimate of drug-likeness (QED) is 0.0261. The molecule has 0 aliphatic rings. The maximum absolute atomic E-state index is 12.9. The molecule has 0 aliphatic heterocycles. The van der Waals surface area contributed by atoms with E-state index in [0.29, 0.717) is 19.3 Å². The summed E-state index contributed by atoms with van der Waals surface area (Å²) >= 11 is 0. The molecule has 454 valence electrons. The van der Waals surface area contributed by atoms with E-state index < -0.39 is 6.10 Å². The second kappa shape index (κ2) is 66.8. The third kappa shape index (κ3) is 65.0. The molecule has 0 aromatic rings. The number of carbonyl (C=O) groups is 3. The highest BCUT2D eigenvalue weighted by Gasteiger charge is 2.19. The van der Waals surface area contributed by atoms with Crippen molar-refractivity contribution in [3.8, 4) is 0 Å². The van der Waals surface area contributed by atoms with Crippen molar-refractivity contribution >= 4 is 17.9 Å². The molecule has 0 heterocycles. The highest BCUT2D eigenvalue weighted by Crippen LogP contribution is 2.17. The Labute approximate surface area is 489 Å². The van der Waals surface area contributed by atoms with E-state index in [-0.39, 0.29) is 31.1 Å². The topological polar surface area (TPSA) is 78.9 Å². The molecule has 0 spiro atoms. The summed E-state index contributed by atoms with van der Waals surface area (Å²) in [6.45, 7) is 6.48. The number of allylic oxidation sites excluding steroid dienone is 16. The Morgan fingerprint density at radius 3 is 0.823 bits per heavy atom. The fraction of sp³-hybridized carbons (Fsp3) is 0.740. The largest absolute Gasteiger partial charge is 0.462 e. The fourth-order valence-corrected chi connectivity index (χ4v) is 9.55. The van der Waals surface area contributed by atoms with Crippen molar-refractivity contribution in [2.45, 2.75) is 335 Å². The molecule has 0 aromatic heterocycles. The van der Waals surface area contributed by atoms with Gasteiger partial charge >= 0.3 is 17.9 Å². The first-order valence-electron chi connectivity index (χ1n) is 33.7. The molecular weight excluding hydrogens is 973 g/mol. The minimum Gasteiger partial charge on any atom is -0.462 e. The molecule has 0 fully saturated rings. The van der Waals surface area contributed by atoms with E-state index in [4.69, 9.17) is 14.2 Å². The monoisotopic (exact) mass is 1100 g/mol. The highest BCUT2D eigenvalue weighted by molar-refractivity contribution is 5.71. The molecule has 1 unspecified atom stereocenters. The van der Waals surface area contributed by atoms with Crippen LogP contribution in [0.1, 0.15) is 329 Å². The molecule has 0 saturated carbocycles. The van der Waals surface area contributed by atoms with Gasteiger partial charge in [-0.15, -0.1) is 0 Å². The average Bonchev–Trinajstić information content (AvgIpc) is 3.45. The summed E-state index contributed by atoms with van der Waals surface area (Å²) in [4.78, 5) is 38.4. The molecule has 0 N–H and O–H groups in total. The smallest absolute Gasteiger partial charge is 0.306 e. The summed E-state index contributed by atoms with van der Waals surface area (Å²) in [5.41, 5.74) is 0. The number of hydrogen-bond acceptors (Lipinski definition) is 6. The Bertz CT molecular complexity index is 1540. The second-order valence-corrected chi connectivity index (χ2v) is 22.4. The van der Waals surface area contributed by atoms with Gasteiger partial charge in [0.05, 0.1) is 0 Å². The van der Waals surface area contributed by atoms with Gasteiger partial charge in [0.2, 0.25) is 0 Å².